The first kappa shape index (κ1) is 18.4. The third-order valence-corrected chi connectivity index (χ3v) is 4.37. The summed E-state index contributed by atoms with van der Waals surface area (Å²) in [5, 5.41) is 7.13. The predicted molar refractivity (Wildman–Crippen MR) is 114 cm³/mol. The lowest BCUT2D eigenvalue weighted by Crippen LogP contribution is -2.03. The number of benzene rings is 3. The fourth-order valence-corrected chi connectivity index (χ4v) is 2.93. The number of halogens is 2. The Bertz CT molecular complexity index is 1190. The summed E-state index contributed by atoms with van der Waals surface area (Å²) < 4.78 is 26.4. The minimum absolute atomic E-state index is 0.300. The van der Waals surface area contributed by atoms with Crippen molar-refractivity contribution in [2.45, 2.75) is 0 Å². The number of anilines is 3. The van der Waals surface area contributed by atoms with Gasteiger partial charge < -0.3 is 16.4 Å². The van der Waals surface area contributed by atoms with Gasteiger partial charge in [0.05, 0.1) is 16.9 Å². The molecule has 0 saturated heterocycles. The first-order valence-corrected chi connectivity index (χ1v) is 8.99. The summed E-state index contributed by atoms with van der Waals surface area (Å²) in [6, 6.07) is 21.7. The second-order valence-electron chi connectivity index (χ2n) is 6.46. The van der Waals surface area contributed by atoms with Gasteiger partial charge in [-0.05, 0) is 66.7 Å². The van der Waals surface area contributed by atoms with Crippen LogP contribution in [0.3, 0.4) is 0 Å². The number of fused-ring (bicyclic) bond motifs is 1. The van der Waals surface area contributed by atoms with Crippen LogP contribution in [0.1, 0.15) is 5.69 Å². The Morgan fingerprint density at radius 1 is 0.828 bits per heavy atom. The molecule has 4 rings (SSSR count). The van der Waals surface area contributed by atoms with Crippen molar-refractivity contribution in [3.63, 3.8) is 0 Å². The van der Waals surface area contributed by atoms with Gasteiger partial charge in [0, 0.05) is 28.6 Å². The van der Waals surface area contributed by atoms with Crippen molar-refractivity contribution in [2.24, 2.45) is 5.73 Å². The maximum absolute atomic E-state index is 13.4. The number of aromatic nitrogens is 1. The van der Waals surface area contributed by atoms with Crippen LogP contribution in [0.25, 0.3) is 16.6 Å². The molecule has 29 heavy (non-hydrogen) atoms. The molecule has 0 aliphatic heterocycles. The number of nitrogens with two attached hydrogens (primary N) is 1. The molecule has 144 valence electrons. The van der Waals surface area contributed by atoms with E-state index in [1.54, 1.807) is 30.5 Å². The second kappa shape index (κ2) is 7.98. The van der Waals surface area contributed by atoms with Gasteiger partial charge in [-0.1, -0.05) is 12.1 Å². The smallest absolute Gasteiger partial charge is 0.125 e. The molecule has 0 bridgehead atoms. The van der Waals surface area contributed by atoms with Crippen molar-refractivity contribution >= 4 is 33.7 Å². The van der Waals surface area contributed by atoms with Gasteiger partial charge in [0.1, 0.15) is 11.6 Å². The van der Waals surface area contributed by atoms with Gasteiger partial charge >= 0.3 is 0 Å². The SMILES string of the molecule is N/C(=C\Nc1ccc(F)cc1)c1ccc2c(Nc3cccc(F)c3)cccc2n1. The van der Waals surface area contributed by atoms with Gasteiger partial charge in [-0.2, -0.15) is 0 Å². The summed E-state index contributed by atoms with van der Waals surface area (Å²) in [6.45, 7) is 0. The normalized spacial score (nSPS) is 11.4. The Morgan fingerprint density at radius 2 is 1.62 bits per heavy atom. The average molecular weight is 388 g/mol. The van der Waals surface area contributed by atoms with E-state index in [4.69, 9.17) is 5.73 Å². The third kappa shape index (κ3) is 4.32. The quantitative estimate of drug-likeness (QED) is 0.415. The monoisotopic (exact) mass is 388 g/mol. The maximum atomic E-state index is 13.4. The summed E-state index contributed by atoms with van der Waals surface area (Å²) in [5.41, 5.74) is 10.1. The van der Waals surface area contributed by atoms with E-state index in [-0.39, 0.29) is 11.6 Å². The lowest BCUT2D eigenvalue weighted by atomic mass is 10.1. The highest BCUT2D eigenvalue weighted by atomic mass is 19.1. The van der Waals surface area contributed by atoms with Crippen LogP contribution in [0.5, 0.6) is 0 Å². The summed E-state index contributed by atoms with van der Waals surface area (Å²) in [6.07, 6.45) is 1.62. The predicted octanol–water partition coefficient (Wildman–Crippen LogP) is 5.63. The zero-order valence-corrected chi connectivity index (χ0v) is 15.4. The molecule has 3 aromatic carbocycles. The van der Waals surface area contributed by atoms with E-state index in [2.05, 4.69) is 15.6 Å². The first-order chi connectivity index (χ1) is 14.1. The molecule has 0 fully saturated rings. The van der Waals surface area contributed by atoms with Crippen LogP contribution < -0.4 is 16.4 Å². The van der Waals surface area contributed by atoms with Gasteiger partial charge in [-0.25, -0.2) is 13.8 Å². The van der Waals surface area contributed by atoms with E-state index in [9.17, 15) is 8.78 Å². The van der Waals surface area contributed by atoms with Crippen LogP contribution in [0.15, 0.2) is 85.1 Å². The zero-order valence-electron chi connectivity index (χ0n) is 15.4. The molecule has 4 aromatic rings. The topological polar surface area (TPSA) is 63.0 Å². The fraction of sp³-hybridized carbons (Fsp3) is 0. The van der Waals surface area contributed by atoms with Crippen LogP contribution in [-0.4, -0.2) is 4.98 Å². The lowest BCUT2D eigenvalue weighted by molar-refractivity contribution is 0.628. The van der Waals surface area contributed by atoms with Crippen molar-refractivity contribution in [2.75, 3.05) is 10.6 Å². The van der Waals surface area contributed by atoms with Gasteiger partial charge in [0.25, 0.3) is 0 Å². The Balaban J connectivity index is 1.59. The molecule has 0 unspecified atom stereocenters. The molecule has 0 aliphatic rings. The molecule has 0 atom stereocenters. The Hall–Kier alpha value is -3.93. The minimum Gasteiger partial charge on any atom is -0.396 e. The van der Waals surface area contributed by atoms with E-state index in [0.717, 1.165) is 22.3 Å². The molecule has 1 aromatic heterocycles. The molecule has 6 heteroatoms. The Morgan fingerprint density at radius 3 is 2.41 bits per heavy atom. The minimum atomic E-state index is -0.304. The van der Waals surface area contributed by atoms with E-state index in [1.165, 1.54) is 24.3 Å². The highest BCUT2D eigenvalue weighted by molar-refractivity contribution is 5.94. The largest absolute Gasteiger partial charge is 0.396 e. The molecule has 0 spiro atoms. The maximum Gasteiger partial charge on any atom is 0.125 e. The molecule has 4 nitrogen and oxygen atoms in total. The van der Waals surface area contributed by atoms with Crippen LogP contribution in [0, 0.1) is 11.6 Å². The number of nitrogens with one attached hydrogen (secondary N) is 2. The lowest BCUT2D eigenvalue weighted by Gasteiger charge is -2.11. The molecular formula is C23H18F2N4. The van der Waals surface area contributed by atoms with Crippen molar-refractivity contribution in [1.29, 1.82) is 0 Å². The molecule has 0 amide bonds. The molecule has 4 N–H and O–H groups in total. The number of nitrogens with zero attached hydrogens (tertiary/aromatic N) is 1. The van der Waals surface area contributed by atoms with E-state index >= 15 is 0 Å². The van der Waals surface area contributed by atoms with Crippen LogP contribution >= 0.6 is 0 Å². The van der Waals surface area contributed by atoms with Crippen molar-refractivity contribution < 1.29 is 8.78 Å². The third-order valence-electron chi connectivity index (χ3n) is 4.37. The number of pyridine rings is 1. The number of hydrogen-bond donors (Lipinski definition) is 3. The summed E-state index contributed by atoms with van der Waals surface area (Å²) >= 11 is 0. The Labute approximate surface area is 166 Å². The molecule has 0 radical (unpaired) electrons. The number of hydrogen-bond acceptors (Lipinski definition) is 4. The van der Waals surface area contributed by atoms with Gasteiger partial charge in [-0.15, -0.1) is 0 Å². The average Bonchev–Trinajstić information content (AvgIpc) is 2.73. The van der Waals surface area contributed by atoms with Crippen molar-refractivity contribution in [3.05, 3.63) is 102 Å². The standard InChI is InChI=1S/C23H18F2N4/c24-15-7-9-17(10-8-15)27-14-20(26)23-12-11-19-21(5-2-6-22(19)29-23)28-18-4-1-3-16(25)13-18/h1-14,27-28H,26H2/b20-14-. The first-order valence-electron chi connectivity index (χ1n) is 8.99. The highest BCUT2D eigenvalue weighted by Crippen LogP contribution is 2.27. The van der Waals surface area contributed by atoms with Gasteiger partial charge in [-0.3, -0.25) is 0 Å². The van der Waals surface area contributed by atoms with E-state index in [0.29, 0.717) is 17.1 Å². The summed E-state index contributed by atoms with van der Waals surface area (Å²) in [7, 11) is 0. The molecule has 0 saturated carbocycles. The van der Waals surface area contributed by atoms with Crippen LogP contribution in [-0.2, 0) is 0 Å². The number of rotatable bonds is 5. The molecule has 0 aliphatic carbocycles. The highest BCUT2D eigenvalue weighted by Gasteiger charge is 2.06. The van der Waals surface area contributed by atoms with Crippen molar-refractivity contribution in [3.8, 4) is 0 Å². The summed E-state index contributed by atoms with van der Waals surface area (Å²) in [5.74, 6) is -0.603. The summed E-state index contributed by atoms with van der Waals surface area (Å²) in [4.78, 5) is 4.61. The fourth-order valence-electron chi connectivity index (χ4n) is 2.93. The van der Waals surface area contributed by atoms with Gasteiger partial charge in [0.2, 0.25) is 0 Å². The second-order valence-corrected chi connectivity index (χ2v) is 6.46. The Kier molecular flexibility index (Phi) is 5.07. The van der Waals surface area contributed by atoms with Gasteiger partial charge in [0.15, 0.2) is 0 Å². The molecular weight excluding hydrogens is 370 g/mol. The molecule has 1 heterocycles. The van der Waals surface area contributed by atoms with Crippen LogP contribution in [0.4, 0.5) is 25.8 Å². The van der Waals surface area contributed by atoms with Crippen molar-refractivity contribution in [1.82, 2.24) is 4.98 Å². The zero-order chi connectivity index (χ0) is 20.2. The van der Waals surface area contributed by atoms with E-state index < -0.39 is 0 Å². The van der Waals surface area contributed by atoms with E-state index in [1.807, 2.05) is 30.3 Å². The van der Waals surface area contributed by atoms with Crippen LogP contribution in [0.2, 0.25) is 0 Å².